The minimum Gasteiger partial charge on any atom is -0.358 e. The summed E-state index contributed by atoms with van der Waals surface area (Å²) in [7, 11) is 1.74. The first-order chi connectivity index (χ1) is 15.2. The number of ketones is 1. The van der Waals surface area contributed by atoms with Crippen molar-refractivity contribution in [3.63, 3.8) is 0 Å². The fraction of sp³-hybridized carbons (Fsp3) is 0.607. The summed E-state index contributed by atoms with van der Waals surface area (Å²) in [5.74, 6) is 0.209. The third-order valence-electron chi connectivity index (χ3n) is 10.1. The first-order valence-electron chi connectivity index (χ1n) is 12.3. The Balaban J connectivity index is 1.54. The van der Waals surface area contributed by atoms with Gasteiger partial charge in [-0.2, -0.15) is 0 Å². The Kier molecular flexibility index (Phi) is 4.11. The first-order valence-corrected chi connectivity index (χ1v) is 12.3. The van der Waals surface area contributed by atoms with Crippen molar-refractivity contribution in [3.8, 4) is 0 Å². The topological polar surface area (TPSA) is 51.3 Å². The molecule has 5 atom stereocenters. The molecule has 1 N–H and O–H groups in total. The largest absolute Gasteiger partial charge is 0.358 e. The number of benzene rings is 1. The lowest BCUT2D eigenvalue weighted by Crippen LogP contribution is -2.64. The van der Waals surface area contributed by atoms with Gasteiger partial charge in [-0.25, -0.2) is 0 Å². The Bertz CT molecular complexity index is 1160. The Labute approximate surface area is 190 Å². The van der Waals surface area contributed by atoms with Crippen LogP contribution in [-0.2, 0) is 26.1 Å². The Morgan fingerprint density at radius 3 is 2.62 bits per heavy atom. The van der Waals surface area contributed by atoms with Crippen molar-refractivity contribution < 1.29 is 14.3 Å². The van der Waals surface area contributed by atoms with Crippen LogP contribution in [0.1, 0.15) is 71.1 Å². The SMILES string of the molecule is CO[C@]12CC[C@@]3(C)C(CC[C@H]4CCc5c([nH]c6ccccc56)[C@@]43C)C1=CC(=O)C(C)(C)O2. The number of hydrogen-bond donors (Lipinski definition) is 1. The molecule has 0 saturated heterocycles. The number of aryl methyl sites for hydroxylation is 1. The van der Waals surface area contributed by atoms with Crippen LogP contribution in [-0.4, -0.2) is 29.3 Å². The molecule has 1 aromatic carbocycles. The lowest BCUT2D eigenvalue weighted by Gasteiger charge is -2.65. The number of aromatic amines is 1. The maximum atomic E-state index is 13.0. The fourth-order valence-electron chi connectivity index (χ4n) is 8.07. The maximum absolute atomic E-state index is 13.0. The number of carbonyl (C=O) groups is 1. The van der Waals surface area contributed by atoms with Gasteiger partial charge in [0.15, 0.2) is 11.6 Å². The molecule has 4 nitrogen and oxygen atoms in total. The van der Waals surface area contributed by atoms with Crippen molar-refractivity contribution in [1.29, 1.82) is 0 Å². The smallest absolute Gasteiger partial charge is 0.192 e. The minimum absolute atomic E-state index is 0.0271. The zero-order valence-electron chi connectivity index (χ0n) is 20.0. The fourth-order valence-corrected chi connectivity index (χ4v) is 8.07. The average molecular weight is 434 g/mol. The molecule has 1 aliphatic heterocycles. The lowest BCUT2D eigenvalue weighted by molar-refractivity contribution is -0.274. The summed E-state index contributed by atoms with van der Waals surface area (Å²) < 4.78 is 12.6. The summed E-state index contributed by atoms with van der Waals surface area (Å²) in [4.78, 5) is 16.9. The van der Waals surface area contributed by atoms with Gasteiger partial charge in [-0.15, -0.1) is 0 Å². The van der Waals surface area contributed by atoms with E-state index in [1.54, 1.807) is 7.11 Å². The molecular formula is C28H35NO3. The molecule has 32 heavy (non-hydrogen) atoms. The predicted octanol–water partition coefficient (Wildman–Crippen LogP) is 5.85. The number of carbonyl (C=O) groups excluding carboxylic acids is 1. The summed E-state index contributed by atoms with van der Waals surface area (Å²) in [6.07, 6.45) is 8.38. The molecule has 4 aliphatic rings. The molecule has 0 radical (unpaired) electrons. The van der Waals surface area contributed by atoms with E-state index in [0.717, 1.165) is 31.3 Å². The summed E-state index contributed by atoms with van der Waals surface area (Å²) in [6, 6.07) is 8.76. The lowest BCUT2D eigenvalue weighted by atomic mass is 9.41. The van der Waals surface area contributed by atoms with Crippen molar-refractivity contribution in [2.45, 2.75) is 83.0 Å². The van der Waals surface area contributed by atoms with Gasteiger partial charge in [0.1, 0.15) is 5.60 Å². The molecule has 170 valence electrons. The average Bonchev–Trinajstić information content (AvgIpc) is 3.15. The molecule has 2 saturated carbocycles. The number of hydrogen-bond acceptors (Lipinski definition) is 3. The molecule has 2 heterocycles. The van der Waals surface area contributed by atoms with Crippen molar-refractivity contribution in [2.24, 2.45) is 17.3 Å². The van der Waals surface area contributed by atoms with Gasteiger partial charge in [0.25, 0.3) is 0 Å². The van der Waals surface area contributed by atoms with Crippen LogP contribution in [0, 0.1) is 17.3 Å². The molecule has 3 aliphatic carbocycles. The number of H-pyrrole nitrogens is 1. The predicted molar refractivity (Wildman–Crippen MR) is 126 cm³/mol. The molecule has 6 rings (SSSR count). The van der Waals surface area contributed by atoms with E-state index < -0.39 is 11.4 Å². The van der Waals surface area contributed by atoms with Crippen LogP contribution in [0.4, 0.5) is 0 Å². The van der Waals surface area contributed by atoms with E-state index in [4.69, 9.17) is 9.47 Å². The van der Waals surface area contributed by atoms with Gasteiger partial charge in [0.05, 0.1) is 0 Å². The third kappa shape index (κ3) is 2.33. The van der Waals surface area contributed by atoms with Crippen molar-refractivity contribution in [3.05, 3.63) is 47.2 Å². The highest BCUT2D eigenvalue weighted by Gasteiger charge is 2.66. The number of fused-ring (bicyclic) bond motifs is 9. The second-order valence-corrected chi connectivity index (χ2v) is 11.5. The van der Waals surface area contributed by atoms with Crippen molar-refractivity contribution in [1.82, 2.24) is 4.98 Å². The van der Waals surface area contributed by atoms with Gasteiger partial charge in [-0.1, -0.05) is 32.0 Å². The number of nitrogens with one attached hydrogen (secondary N) is 1. The van der Waals surface area contributed by atoms with Crippen LogP contribution < -0.4 is 0 Å². The van der Waals surface area contributed by atoms with Gasteiger partial charge in [0, 0.05) is 35.5 Å². The molecular weight excluding hydrogens is 398 g/mol. The third-order valence-corrected chi connectivity index (χ3v) is 10.1. The minimum atomic E-state index is -0.844. The highest BCUT2D eigenvalue weighted by molar-refractivity contribution is 5.98. The summed E-state index contributed by atoms with van der Waals surface area (Å²) in [5, 5.41) is 1.38. The Morgan fingerprint density at radius 1 is 1.06 bits per heavy atom. The summed E-state index contributed by atoms with van der Waals surface area (Å²) in [5.41, 5.74) is 4.51. The van der Waals surface area contributed by atoms with Gasteiger partial charge >= 0.3 is 0 Å². The van der Waals surface area contributed by atoms with E-state index in [1.165, 1.54) is 35.0 Å². The highest BCUT2D eigenvalue weighted by Crippen LogP contribution is 2.68. The van der Waals surface area contributed by atoms with Crippen LogP contribution in [0.3, 0.4) is 0 Å². The quantitative estimate of drug-likeness (QED) is 0.614. The van der Waals surface area contributed by atoms with E-state index >= 15 is 0 Å². The van der Waals surface area contributed by atoms with Crippen molar-refractivity contribution in [2.75, 3.05) is 7.11 Å². The van der Waals surface area contributed by atoms with Crippen LogP contribution in [0.2, 0.25) is 0 Å². The second-order valence-electron chi connectivity index (χ2n) is 11.5. The highest BCUT2D eigenvalue weighted by atomic mass is 16.7. The summed E-state index contributed by atoms with van der Waals surface area (Å²) >= 11 is 0. The van der Waals surface area contributed by atoms with Gasteiger partial charge in [-0.05, 0) is 86.5 Å². The van der Waals surface area contributed by atoms with E-state index in [9.17, 15) is 4.79 Å². The van der Waals surface area contributed by atoms with E-state index in [2.05, 4.69) is 43.1 Å². The van der Waals surface area contributed by atoms with Crippen LogP contribution in [0.15, 0.2) is 35.9 Å². The molecule has 2 fully saturated rings. The van der Waals surface area contributed by atoms with Crippen LogP contribution >= 0.6 is 0 Å². The van der Waals surface area contributed by atoms with E-state index in [1.807, 2.05) is 19.9 Å². The van der Waals surface area contributed by atoms with E-state index in [-0.39, 0.29) is 22.5 Å². The number of para-hydroxylation sites is 1. The molecule has 2 aromatic rings. The monoisotopic (exact) mass is 433 g/mol. The summed E-state index contributed by atoms with van der Waals surface area (Å²) in [6.45, 7) is 8.72. The number of ether oxygens (including phenoxy) is 2. The molecule has 1 aromatic heterocycles. The van der Waals surface area contributed by atoms with Crippen molar-refractivity contribution >= 4 is 16.7 Å². The zero-order valence-corrected chi connectivity index (χ0v) is 20.0. The molecule has 4 heteroatoms. The van der Waals surface area contributed by atoms with Gasteiger partial charge in [-0.3, -0.25) is 4.79 Å². The number of rotatable bonds is 1. The van der Waals surface area contributed by atoms with Gasteiger partial charge < -0.3 is 14.5 Å². The molecule has 0 amide bonds. The molecule has 1 unspecified atom stereocenters. The standard InChI is InChI=1S/C28H35NO3/c1-25(2)23(30)16-21-20-13-11-17-10-12-19-18-8-6-7-9-22(18)29-24(19)27(17,4)26(20,3)14-15-28(21,31-5)32-25/h6-9,16-17,20,29H,10-15H2,1-5H3/t17-,20?,26+,27-,28+/m1/s1. The second kappa shape index (κ2) is 6.36. The number of methoxy groups -OCH3 is 1. The maximum Gasteiger partial charge on any atom is 0.192 e. The van der Waals surface area contributed by atoms with Crippen LogP contribution in [0.25, 0.3) is 10.9 Å². The van der Waals surface area contributed by atoms with Crippen LogP contribution in [0.5, 0.6) is 0 Å². The van der Waals surface area contributed by atoms with E-state index in [0.29, 0.717) is 5.92 Å². The Morgan fingerprint density at radius 2 is 1.84 bits per heavy atom. The molecule has 0 spiro atoms. The number of aromatic nitrogens is 1. The Hall–Kier alpha value is -1.91. The first kappa shape index (κ1) is 20.7. The van der Waals surface area contributed by atoms with Gasteiger partial charge in [0.2, 0.25) is 0 Å². The normalized spacial score (nSPS) is 40.2. The zero-order chi connectivity index (χ0) is 22.5. The molecule has 0 bridgehead atoms.